The number of rotatable bonds is 6. The Hall–Kier alpha value is -0.820. The van der Waals surface area contributed by atoms with Crippen LogP contribution in [0.2, 0.25) is 0 Å². The molecule has 0 amide bonds. The maximum atomic E-state index is 11.7. The average Bonchev–Trinajstić information content (AvgIpc) is 2.71. The summed E-state index contributed by atoms with van der Waals surface area (Å²) in [4.78, 5) is 22.9. The molecule has 1 N–H and O–H groups in total. The molecule has 0 saturated heterocycles. The Kier molecular flexibility index (Phi) is 8.01. The zero-order valence-electron chi connectivity index (χ0n) is 11.2. The van der Waals surface area contributed by atoms with E-state index in [-0.39, 0.29) is 36.0 Å². The van der Waals surface area contributed by atoms with Crippen molar-refractivity contribution in [2.45, 2.75) is 19.4 Å². The molecule has 0 bridgehead atoms. The van der Waals surface area contributed by atoms with Crippen molar-refractivity contribution in [2.75, 3.05) is 7.11 Å². The number of methoxy groups -OCH3 is 1. The summed E-state index contributed by atoms with van der Waals surface area (Å²) in [6.07, 6.45) is -0.224. The van der Waals surface area contributed by atoms with Crippen molar-refractivity contribution in [2.24, 2.45) is 0 Å². The number of hydrogen-bond acceptors (Lipinski definition) is 6. The Balaban J connectivity index is 0.00000324. The van der Waals surface area contributed by atoms with Crippen LogP contribution >= 0.6 is 11.3 Å². The van der Waals surface area contributed by atoms with E-state index < -0.39 is 18.0 Å². The van der Waals surface area contributed by atoms with E-state index in [2.05, 4.69) is 11.9 Å². The summed E-state index contributed by atoms with van der Waals surface area (Å²) in [5.41, 5.74) is 1.18. The van der Waals surface area contributed by atoms with Crippen molar-refractivity contribution in [3.63, 3.8) is 0 Å². The molecular formula is C12H14NNaO4S. The number of hydrogen-bond donors (Lipinski definition) is 1. The average molecular weight is 291 g/mol. The van der Waals surface area contributed by atoms with E-state index >= 15 is 0 Å². The number of carboxylic acids is 1. The van der Waals surface area contributed by atoms with Gasteiger partial charge in [0.25, 0.3) is 0 Å². The second-order valence-corrected chi connectivity index (χ2v) is 4.73. The third-order valence-electron chi connectivity index (χ3n) is 2.22. The molecule has 0 radical (unpaired) electrons. The molecule has 1 heterocycles. The van der Waals surface area contributed by atoms with Crippen LogP contribution in [0.1, 0.15) is 23.4 Å². The Morgan fingerprint density at radius 2 is 2.21 bits per heavy atom. The van der Waals surface area contributed by atoms with Crippen LogP contribution in [0.4, 0.5) is 0 Å². The third-order valence-corrected chi connectivity index (χ3v) is 3.16. The minimum Gasteiger partial charge on any atom is -0.550 e. The van der Waals surface area contributed by atoms with Gasteiger partial charge in [-0.2, -0.15) is 0 Å². The Bertz CT molecular complexity index is 472. The largest absolute Gasteiger partial charge is 1.00 e. The molecule has 1 rings (SSSR count). The van der Waals surface area contributed by atoms with Gasteiger partial charge in [0.2, 0.25) is 0 Å². The van der Waals surface area contributed by atoms with E-state index in [0.29, 0.717) is 16.1 Å². The molecule has 0 aromatic carbocycles. The first-order valence-electron chi connectivity index (χ1n) is 5.21. The van der Waals surface area contributed by atoms with E-state index in [1.54, 1.807) is 18.4 Å². The van der Waals surface area contributed by atoms with Gasteiger partial charge in [-0.3, -0.25) is 0 Å². The van der Waals surface area contributed by atoms with Gasteiger partial charge in [0.05, 0.1) is 7.11 Å². The van der Waals surface area contributed by atoms with Crippen molar-refractivity contribution < 1.29 is 49.0 Å². The molecule has 0 saturated carbocycles. The zero-order chi connectivity index (χ0) is 13.7. The maximum Gasteiger partial charge on any atom is 1.00 e. The maximum absolute atomic E-state index is 11.7. The van der Waals surface area contributed by atoms with Gasteiger partial charge in [0.15, 0.2) is 6.04 Å². The Labute approximate surface area is 137 Å². The molecular weight excluding hydrogens is 277 g/mol. The van der Waals surface area contributed by atoms with Crippen LogP contribution in [0, 0.1) is 0 Å². The van der Waals surface area contributed by atoms with Gasteiger partial charge >= 0.3 is 35.5 Å². The molecule has 0 aliphatic rings. The van der Waals surface area contributed by atoms with Crippen LogP contribution in [0.15, 0.2) is 23.7 Å². The Morgan fingerprint density at radius 1 is 1.58 bits per heavy atom. The van der Waals surface area contributed by atoms with E-state index in [9.17, 15) is 14.7 Å². The number of carbonyl (C=O) groups excluding carboxylic acids is 2. The molecule has 5 nitrogen and oxygen atoms in total. The molecule has 0 aliphatic heterocycles. The smallest absolute Gasteiger partial charge is 0.550 e. The van der Waals surface area contributed by atoms with E-state index in [1.165, 1.54) is 18.4 Å². The normalized spacial score (nSPS) is 11.1. The van der Waals surface area contributed by atoms with E-state index in [0.717, 1.165) is 0 Å². The third kappa shape index (κ3) is 5.36. The predicted octanol–water partition coefficient (Wildman–Crippen LogP) is -2.62. The summed E-state index contributed by atoms with van der Waals surface area (Å²) in [6, 6.07) is 0.952. The summed E-state index contributed by atoms with van der Waals surface area (Å²) in [6.45, 7) is 5.38. The van der Waals surface area contributed by atoms with Crippen molar-refractivity contribution in [1.29, 1.82) is 0 Å². The number of carbonyl (C=O) groups is 2. The predicted molar refractivity (Wildman–Crippen MR) is 65.7 cm³/mol. The minimum atomic E-state index is -1.18. The van der Waals surface area contributed by atoms with Crippen LogP contribution in [-0.2, 0) is 20.7 Å². The van der Waals surface area contributed by atoms with Gasteiger partial charge in [0.1, 0.15) is 0 Å². The molecule has 1 aromatic heterocycles. The van der Waals surface area contributed by atoms with E-state index in [4.69, 9.17) is 4.74 Å². The zero-order valence-corrected chi connectivity index (χ0v) is 14.0. The molecule has 1 atom stereocenters. The van der Waals surface area contributed by atoms with Gasteiger partial charge in [-0.25, -0.2) is 4.79 Å². The number of nitrogens with one attached hydrogen (secondary N) is 1. The number of carboxylic acid groups (broad SMARTS) is 1. The van der Waals surface area contributed by atoms with Gasteiger partial charge in [-0.05, 0) is 23.9 Å². The summed E-state index contributed by atoms with van der Waals surface area (Å²) in [5, 5.41) is 15.2. The topological polar surface area (TPSA) is 78.5 Å². The van der Waals surface area contributed by atoms with Crippen LogP contribution in [0.3, 0.4) is 0 Å². The van der Waals surface area contributed by atoms with Crippen molar-refractivity contribution in [3.05, 3.63) is 34.2 Å². The fourth-order valence-corrected chi connectivity index (χ4v) is 2.41. The molecule has 1 unspecified atom stereocenters. The molecule has 19 heavy (non-hydrogen) atoms. The SMILES string of the molecule is C=C(C)NC(C(=O)OC)c1ccsc1CC(=O)[O-].[Na+]. The number of allylic oxidation sites excluding steroid dienone is 1. The molecule has 1 aromatic rings. The first-order valence-corrected chi connectivity index (χ1v) is 6.09. The van der Waals surface area contributed by atoms with Crippen molar-refractivity contribution >= 4 is 23.3 Å². The molecule has 98 valence electrons. The number of ether oxygens (including phenoxy) is 1. The summed E-state index contributed by atoms with van der Waals surface area (Å²) in [7, 11) is 1.28. The van der Waals surface area contributed by atoms with Crippen LogP contribution in [0.5, 0.6) is 0 Å². The molecule has 7 heteroatoms. The van der Waals surface area contributed by atoms with Crippen LogP contribution in [0.25, 0.3) is 0 Å². The summed E-state index contributed by atoms with van der Waals surface area (Å²) < 4.78 is 4.70. The number of thiophene rings is 1. The fourth-order valence-electron chi connectivity index (χ4n) is 1.51. The van der Waals surface area contributed by atoms with Gasteiger partial charge in [0, 0.05) is 23.0 Å². The number of aliphatic carboxylic acids is 1. The first kappa shape index (κ1) is 18.2. The molecule has 0 fully saturated rings. The minimum absolute atomic E-state index is 0. The van der Waals surface area contributed by atoms with Crippen molar-refractivity contribution in [3.8, 4) is 0 Å². The van der Waals surface area contributed by atoms with Gasteiger partial charge in [-0.15, -0.1) is 11.3 Å². The number of esters is 1. The van der Waals surface area contributed by atoms with Crippen LogP contribution in [-0.4, -0.2) is 19.0 Å². The second kappa shape index (κ2) is 8.37. The van der Waals surface area contributed by atoms with Crippen LogP contribution < -0.4 is 40.0 Å². The second-order valence-electron chi connectivity index (χ2n) is 3.73. The fraction of sp³-hybridized carbons (Fsp3) is 0.333. The van der Waals surface area contributed by atoms with Gasteiger partial charge < -0.3 is 20.0 Å². The quantitative estimate of drug-likeness (QED) is 0.459. The molecule has 0 spiro atoms. The molecule has 0 aliphatic carbocycles. The first-order chi connectivity index (χ1) is 8.45. The van der Waals surface area contributed by atoms with Crippen molar-refractivity contribution in [1.82, 2.24) is 5.32 Å². The standard InChI is InChI=1S/C12H15NO4S.Na/c1-7(2)13-11(12(16)17-3)8-4-5-18-9(8)6-10(14)15;/h4-5,11,13H,1,6H2,2-3H3,(H,14,15);/q;+1/p-1. The van der Waals surface area contributed by atoms with E-state index in [1.807, 2.05) is 0 Å². The Morgan fingerprint density at radius 3 is 2.68 bits per heavy atom. The monoisotopic (exact) mass is 291 g/mol. The summed E-state index contributed by atoms with van der Waals surface area (Å²) in [5.74, 6) is -1.67. The summed E-state index contributed by atoms with van der Waals surface area (Å²) >= 11 is 1.26. The van der Waals surface area contributed by atoms with Gasteiger partial charge in [-0.1, -0.05) is 6.58 Å².